The summed E-state index contributed by atoms with van der Waals surface area (Å²) in [5.41, 5.74) is -0.622. The van der Waals surface area contributed by atoms with Crippen LogP contribution >= 0.6 is 0 Å². The molecule has 0 radical (unpaired) electrons. The lowest BCUT2D eigenvalue weighted by Gasteiger charge is -2.36. The van der Waals surface area contributed by atoms with E-state index in [-0.39, 0.29) is 0 Å². The maximum atomic E-state index is 9.86. The summed E-state index contributed by atoms with van der Waals surface area (Å²) in [6.45, 7) is 11.2. The van der Waals surface area contributed by atoms with E-state index in [1.165, 1.54) is 0 Å². The minimum absolute atomic E-state index is 0.622. The van der Waals surface area contributed by atoms with Crippen molar-refractivity contribution in [3.63, 3.8) is 0 Å². The molecule has 6 heteroatoms. The zero-order valence-electron chi connectivity index (χ0n) is 13.5. The zero-order chi connectivity index (χ0) is 15.3. The van der Waals surface area contributed by atoms with Crippen LogP contribution in [-0.2, 0) is 13.0 Å². The number of hydrogen-bond donors (Lipinski definition) is 1. The first-order chi connectivity index (χ1) is 9.96. The molecule has 1 aliphatic heterocycles. The van der Waals surface area contributed by atoms with Crippen molar-refractivity contribution in [3.05, 3.63) is 11.7 Å². The van der Waals surface area contributed by atoms with Gasteiger partial charge in [0, 0.05) is 39.1 Å². The van der Waals surface area contributed by atoms with Gasteiger partial charge in [-0.2, -0.15) is 4.98 Å². The number of unbranched alkanes of at least 4 members (excludes halogenated alkanes) is 1. The summed E-state index contributed by atoms with van der Waals surface area (Å²) in [4.78, 5) is 9.08. The first kappa shape index (κ1) is 16.4. The Bertz CT molecular complexity index is 420. The van der Waals surface area contributed by atoms with Gasteiger partial charge in [-0.05, 0) is 20.3 Å². The molecule has 120 valence electrons. The van der Waals surface area contributed by atoms with Gasteiger partial charge in [-0.15, -0.1) is 0 Å². The number of aromatic nitrogens is 2. The van der Waals surface area contributed by atoms with E-state index in [2.05, 4.69) is 26.9 Å². The molecule has 1 N–H and O–H groups in total. The maximum Gasteiger partial charge on any atom is 0.240 e. The Kier molecular flexibility index (Phi) is 5.72. The number of hydrogen-bond acceptors (Lipinski definition) is 6. The van der Waals surface area contributed by atoms with Crippen molar-refractivity contribution in [2.45, 2.75) is 52.2 Å². The second kappa shape index (κ2) is 7.33. The fourth-order valence-corrected chi connectivity index (χ4v) is 2.63. The Morgan fingerprint density at radius 3 is 2.48 bits per heavy atom. The normalized spacial score (nSPS) is 18.3. The standard InChI is InChI=1S/C15H28N4O2/c1-4-5-6-13-16-14(21-17-13)11-18-7-9-19(10-8-18)12-15(2,3)20/h20H,4-12H2,1-3H3. The molecule has 2 rings (SSSR count). The molecular weight excluding hydrogens is 268 g/mol. The molecule has 0 amide bonds. The minimum Gasteiger partial charge on any atom is -0.389 e. The van der Waals surface area contributed by atoms with Crippen molar-refractivity contribution in [2.24, 2.45) is 0 Å². The van der Waals surface area contributed by atoms with E-state index in [0.29, 0.717) is 0 Å². The molecule has 0 bridgehead atoms. The van der Waals surface area contributed by atoms with Crippen LogP contribution < -0.4 is 0 Å². The fourth-order valence-electron chi connectivity index (χ4n) is 2.63. The number of aryl methyl sites for hydroxylation is 1. The van der Waals surface area contributed by atoms with Crippen LogP contribution in [0.15, 0.2) is 4.52 Å². The summed E-state index contributed by atoms with van der Waals surface area (Å²) in [5, 5.41) is 13.9. The number of rotatable bonds is 7. The number of β-amino-alcohol motifs (C(OH)–C–C–N with tert-alkyl or cyclic N) is 1. The van der Waals surface area contributed by atoms with Crippen molar-refractivity contribution in [3.8, 4) is 0 Å². The highest BCUT2D eigenvalue weighted by Crippen LogP contribution is 2.11. The average molecular weight is 296 g/mol. The third-order valence-electron chi connectivity index (χ3n) is 3.70. The Labute approximate surface area is 127 Å². The molecule has 1 saturated heterocycles. The predicted molar refractivity (Wildman–Crippen MR) is 80.9 cm³/mol. The van der Waals surface area contributed by atoms with Crippen LogP contribution in [0.4, 0.5) is 0 Å². The van der Waals surface area contributed by atoms with E-state index in [9.17, 15) is 5.11 Å². The third kappa shape index (κ3) is 5.73. The van der Waals surface area contributed by atoms with Gasteiger partial charge in [0.25, 0.3) is 0 Å². The van der Waals surface area contributed by atoms with Gasteiger partial charge < -0.3 is 9.63 Å². The van der Waals surface area contributed by atoms with Crippen molar-refractivity contribution in [1.82, 2.24) is 19.9 Å². The molecule has 21 heavy (non-hydrogen) atoms. The van der Waals surface area contributed by atoms with Crippen LogP contribution in [0.5, 0.6) is 0 Å². The second-order valence-corrected chi connectivity index (χ2v) is 6.57. The molecule has 0 spiro atoms. The Morgan fingerprint density at radius 2 is 1.86 bits per heavy atom. The summed E-state index contributed by atoms with van der Waals surface area (Å²) in [7, 11) is 0. The average Bonchev–Trinajstić information content (AvgIpc) is 2.85. The highest BCUT2D eigenvalue weighted by Gasteiger charge is 2.23. The molecule has 0 aliphatic carbocycles. The maximum absolute atomic E-state index is 9.86. The van der Waals surface area contributed by atoms with Gasteiger partial charge >= 0.3 is 0 Å². The Balaban J connectivity index is 1.74. The van der Waals surface area contributed by atoms with Gasteiger partial charge in [0.15, 0.2) is 5.82 Å². The van der Waals surface area contributed by atoms with Crippen LogP contribution in [0.3, 0.4) is 0 Å². The van der Waals surface area contributed by atoms with Gasteiger partial charge in [0.2, 0.25) is 5.89 Å². The SMILES string of the molecule is CCCCc1noc(CN2CCN(CC(C)(C)O)CC2)n1. The van der Waals surface area contributed by atoms with Gasteiger partial charge in [0.05, 0.1) is 12.1 Å². The molecule has 1 fully saturated rings. The number of nitrogens with zero attached hydrogens (tertiary/aromatic N) is 4. The first-order valence-electron chi connectivity index (χ1n) is 7.95. The quantitative estimate of drug-likeness (QED) is 0.818. The lowest BCUT2D eigenvalue weighted by Crippen LogP contribution is -2.50. The van der Waals surface area contributed by atoms with Gasteiger partial charge in [-0.25, -0.2) is 0 Å². The molecular formula is C15H28N4O2. The molecule has 1 aliphatic rings. The van der Waals surface area contributed by atoms with Crippen molar-refractivity contribution in [1.29, 1.82) is 0 Å². The number of aliphatic hydroxyl groups is 1. The highest BCUT2D eigenvalue weighted by molar-refractivity contribution is 4.88. The predicted octanol–water partition coefficient (Wildman–Crippen LogP) is 1.30. The summed E-state index contributed by atoms with van der Waals surface area (Å²) in [6, 6.07) is 0. The van der Waals surface area contributed by atoms with Crippen molar-refractivity contribution < 1.29 is 9.63 Å². The molecule has 1 aromatic heterocycles. The largest absolute Gasteiger partial charge is 0.389 e. The molecule has 0 aromatic carbocycles. The van der Waals surface area contributed by atoms with E-state index in [4.69, 9.17) is 4.52 Å². The van der Waals surface area contributed by atoms with Gasteiger partial charge in [0.1, 0.15) is 0 Å². The highest BCUT2D eigenvalue weighted by atomic mass is 16.5. The van der Waals surface area contributed by atoms with Gasteiger partial charge in [-0.1, -0.05) is 18.5 Å². The van der Waals surface area contributed by atoms with Crippen molar-refractivity contribution in [2.75, 3.05) is 32.7 Å². The molecule has 0 saturated carbocycles. The molecule has 0 unspecified atom stereocenters. The summed E-state index contributed by atoms with van der Waals surface area (Å²) in [5.74, 6) is 1.55. The van der Waals surface area contributed by atoms with E-state index in [1.54, 1.807) is 0 Å². The minimum atomic E-state index is -0.622. The van der Waals surface area contributed by atoms with Crippen LogP contribution in [0.1, 0.15) is 45.3 Å². The van der Waals surface area contributed by atoms with E-state index in [1.807, 2.05) is 13.8 Å². The van der Waals surface area contributed by atoms with Crippen LogP contribution in [0.25, 0.3) is 0 Å². The third-order valence-corrected chi connectivity index (χ3v) is 3.70. The molecule has 6 nitrogen and oxygen atoms in total. The lowest BCUT2D eigenvalue weighted by molar-refractivity contribution is 0.0153. The topological polar surface area (TPSA) is 65.6 Å². The van der Waals surface area contributed by atoms with Crippen molar-refractivity contribution >= 4 is 0 Å². The number of piperazine rings is 1. The van der Waals surface area contributed by atoms with Crippen LogP contribution in [-0.4, -0.2) is 63.4 Å². The monoisotopic (exact) mass is 296 g/mol. The summed E-state index contributed by atoms with van der Waals surface area (Å²) in [6.07, 6.45) is 3.15. The zero-order valence-corrected chi connectivity index (χ0v) is 13.5. The second-order valence-electron chi connectivity index (χ2n) is 6.57. The van der Waals surface area contributed by atoms with E-state index in [0.717, 1.165) is 70.2 Å². The fraction of sp³-hybridized carbons (Fsp3) is 0.867. The van der Waals surface area contributed by atoms with E-state index >= 15 is 0 Å². The summed E-state index contributed by atoms with van der Waals surface area (Å²) < 4.78 is 5.32. The first-order valence-corrected chi connectivity index (χ1v) is 7.95. The Hall–Kier alpha value is -0.980. The Morgan fingerprint density at radius 1 is 1.19 bits per heavy atom. The van der Waals surface area contributed by atoms with E-state index < -0.39 is 5.60 Å². The van der Waals surface area contributed by atoms with Crippen LogP contribution in [0.2, 0.25) is 0 Å². The molecule has 1 aromatic rings. The molecule has 2 heterocycles. The molecule has 0 atom stereocenters. The summed E-state index contributed by atoms with van der Waals surface area (Å²) >= 11 is 0. The lowest BCUT2D eigenvalue weighted by atomic mass is 10.1. The van der Waals surface area contributed by atoms with Crippen LogP contribution in [0, 0.1) is 0 Å². The van der Waals surface area contributed by atoms with Gasteiger partial charge in [-0.3, -0.25) is 9.80 Å². The smallest absolute Gasteiger partial charge is 0.240 e.